The first kappa shape index (κ1) is 22.6. The summed E-state index contributed by atoms with van der Waals surface area (Å²) in [4.78, 5) is 38.6. The first-order chi connectivity index (χ1) is 14.8. The Morgan fingerprint density at radius 2 is 1.87 bits per heavy atom. The van der Waals surface area contributed by atoms with E-state index in [0.717, 1.165) is 14.9 Å². The third-order valence-corrected chi connectivity index (χ3v) is 5.66. The molecule has 0 bridgehead atoms. The van der Waals surface area contributed by atoms with Crippen LogP contribution >= 0.6 is 15.9 Å². The van der Waals surface area contributed by atoms with E-state index in [1.807, 2.05) is 18.2 Å². The SMILES string of the molecule is COc1ccc(CCNC(=O)CN2C(=O)NC(C)(c3cccc(Br)c3)C2=O)cc1OC. The van der Waals surface area contributed by atoms with Gasteiger partial charge < -0.3 is 20.1 Å². The lowest BCUT2D eigenvalue weighted by Gasteiger charge is -2.22. The van der Waals surface area contributed by atoms with E-state index in [9.17, 15) is 14.4 Å². The molecule has 0 radical (unpaired) electrons. The Bertz CT molecular complexity index is 1010. The summed E-state index contributed by atoms with van der Waals surface area (Å²) in [7, 11) is 3.12. The number of hydrogen-bond acceptors (Lipinski definition) is 5. The van der Waals surface area contributed by atoms with Crippen molar-refractivity contribution in [1.82, 2.24) is 15.5 Å². The molecular weight excluding hydrogens is 466 g/mol. The first-order valence-electron chi connectivity index (χ1n) is 9.66. The number of imide groups is 1. The fourth-order valence-corrected chi connectivity index (χ4v) is 3.82. The van der Waals surface area contributed by atoms with Gasteiger partial charge in [-0.2, -0.15) is 0 Å². The standard InChI is InChI=1S/C22H24BrN3O5/c1-22(15-5-4-6-16(23)12-15)20(28)26(21(29)25-22)13-19(27)24-10-9-14-7-8-17(30-2)18(11-14)31-3/h4-8,11-12H,9-10,13H2,1-3H3,(H,24,27)(H,25,29). The number of carbonyl (C=O) groups is 3. The molecule has 1 unspecified atom stereocenters. The van der Waals surface area contributed by atoms with Gasteiger partial charge in [0.15, 0.2) is 11.5 Å². The highest BCUT2D eigenvalue weighted by molar-refractivity contribution is 9.10. The molecule has 1 fully saturated rings. The number of benzene rings is 2. The number of halogens is 1. The van der Waals surface area contributed by atoms with Crippen molar-refractivity contribution in [3.8, 4) is 11.5 Å². The molecule has 164 valence electrons. The van der Waals surface area contributed by atoms with Gasteiger partial charge in [0.1, 0.15) is 12.1 Å². The lowest BCUT2D eigenvalue weighted by Crippen LogP contribution is -2.43. The Kier molecular flexibility index (Phi) is 6.84. The van der Waals surface area contributed by atoms with Crippen LogP contribution in [0.25, 0.3) is 0 Å². The molecule has 1 atom stereocenters. The molecule has 1 aliphatic rings. The second-order valence-corrected chi connectivity index (χ2v) is 8.16. The van der Waals surface area contributed by atoms with E-state index >= 15 is 0 Å². The van der Waals surface area contributed by atoms with Gasteiger partial charge in [-0.15, -0.1) is 0 Å². The van der Waals surface area contributed by atoms with Gasteiger partial charge in [-0.3, -0.25) is 14.5 Å². The number of carbonyl (C=O) groups excluding carboxylic acids is 3. The molecule has 1 heterocycles. The van der Waals surface area contributed by atoms with Crippen LogP contribution in [0.2, 0.25) is 0 Å². The van der Waals surface area contributed by atoms with Crippen LogP contribution < -0.4 is 20.1 Å². The van der Waals surface area contributed by atoms with Crippen LogP contribution in [0.15, 0.2) is 46.9 Å². The highest BCUT2D eigenvalue weighted by atomic mass is 79.9. The Morgan fingerprint density at radius 1 is 1.13 bits per heavy atom. The maximum atomic E-state index is 12.9. The van der Waals surface area contributed by atoms with E-state index < -0.39 is 23.4 Å². The predicted octanol–water partition coefficient (Wildman–Crippen LogP) is 2.59. The Morgan fingerprint density at radius 3 is 2.55 bits per heavy atom. The Balaban J connectivity index is 1.58. The Hall–Kier alpha value is -3.07. The van der Waals surface area contributed by atoms with Crippen LogP contribution in [0, 0.1) is 0 Å². The van der Waals surface area contributed by atoms with Gasteiger partial charge in [0, 0.05) is 11.0 Å². The summed E-state index contributed by atoms with van der Waals surface area (Å²) in [5.74, 6) is 0.355. The fourth-order valence-electron chi connectivity index (χ4n) is 3.42. The lowest BCUT2D eigenvalue weighted by molar-refractivity contribution is -0.134. The minimum absolute atomic E-state index is 0.347. The zero-order valence-corrected chi connectivity index (χ0v) is 19.1. The van der Waals surface area contributed by atoms with Crippen LogP contribution in [-0.2, 0) is 21.5 Å². The average Bonchev–Trinajstić information content (AvgIpc) is 2.97. The summed E-state index contributed by atoms with van der Waals surface area (Å²) in [6, 6.07) is 12.1. The second kappa shape index (κ2) is 9.38. The zero-order valence-electron chi connectivity index (χ0n) is 17.5. The van der Waals surface area contributed by atoms with Crippen molar-refractivity contribution in [3.63, 3.8) is 0 Å². The lowest BCUT2D eigenvalue weighted by atomic mass is 9.92. The molecule has 2 aromatic rings. The monoisotopic (exact) mass is 489 g/mol. The molecule has 0 saturated carbocycles. The van der Waals surface area contributed by atoms with Gasteiger partial charge in [-0.1, -0.05) is 34.1 Å². The number of ether oxygens (including phenoxy) is 2. The van der Waals surface area contributed by atoms with Crippen molar-refractivity contribution in [2.75, 3.05) is 27.3 Å². The second-order valence-electron chi connectivity index (χ2n) is 7.25. The molecule has 0 spiro atoms. The highest BCUT2D eigenvalue weighted by Crippen LogP contribution is 2.30. The van der Waals surface area contributed by atoms with Crippen molar-refractivity contribution in [1.29, 1.82) is 0 Å². The number of nitrogens with one attached hydrogen (secondary N) is 2. The number of amides is 4. The van der Waals surface area contributed by atoms with Crippen LogP contribution in [0.4, 0.5) is 4.79 Å². The van der Waals surface area contributed by atoms with Crippen LogP contribution in [0.3, 0.4) is 0 Å². The van der Waals surface area contributed by atoms with Crippen molar-refractivity contribution >= 4 is 33.8 Å². The van der Waals surface area contributed by atoms with Crippen LogP contribution in [-0.4, -0.2) is 50.1 Å². The van der Waals surface area contributed by atoms with Gasteiger partial charge in [0.2, 0.25) is 5.91 Å². The fraction of sp³-hybridized carbons (Fsp3) is 0.318. The molecule has 0 aromatic heterocycles. The molecule has 3 rings (SSSR count). The van der Waals surface area contributed by atoms with Gasteiger partial charge in [-0.05, 0) is 48.7 Å². The number of nitrogens with zero attached hydrogens (tertiary/aromatic N) is 1. The topological polar surface area (TPSA) is 97.0 Å². The minimum atomic E-state index is -1.22. The van der Waals surface area contributed by atoms with Crippen LogP contribution in [0.1, 0.15) is 18.1 Å². The van der Waals surface area contributed by atoms with Gasteiger partial charge >= 0.3 is 6.03 Å². The number of methoxy groups -OCH3 is 2. The first-order valence-corrected chi connectivity index (χ1v) is 10.5. The van der Waals surface area contributed by atoms with Crippen molar-refractivity contribution < 1.29 is 23.9 Å². The van der Waals surface area contributed by atoms with Crippen molar-refractivity contribution in [2.24, 2.45) is 0 Å². The molecule has 0 aliphatic carbocycles. The van der Waals surface area contributed by atoms with Crippen molar-refractivity contribution in [2.45, 2.75) is 18.9 Å². The third-order valence-electron chi connectivity index (χ3n) is 5.16. The average molecular weight is 490 g/mol. The Labute approximate surface area is 189 Å². The molecular formula is C22H24BrN3O5. The van der Waals surface area contributed by atoms with Gasteiger partial charge in [0.25, 0.3) is 5.91 Å². The summed E-state index contributed by atoms with van der Waals surface area (Å²) >= 11 is 3.37. The maximum Gasteiger partial charge on any atom is 0.325 e. The molecule has 31 heavy (non-hydrogen) atoms. The molecule has 2 aromatic carbocycles. The maximum absolute atomic E-state index is 12.9. The highest BCUT2D eigenvalue weighted by Gasteiger charge is 2.49. The van der Waals surface area contributed by atoms with E-state index in [2.05, 4.69) is 26.6 Å². The van der Waals surface area contributed by atoms with Crippen LogP contribution in [0.5, 0.6) is 11.5 Å². The van der Waals surface area contributed by atoms with E-state index in [1.165, 1.54) is 0 Å². The zero-order chi connectivity index (χ0) is 22.6. The number of rotatable bonds is 8. The normalized spacial score (nSPS) is 18.0. The minimum Gasteiger partial charge on any atom is -0.493 e. The van der Waals surface area contributed by atoms with Gasteiger partial charge in [0.05, 0.1) is 14.2 Å². The third kappa shape index (κ3) is 4.82. The summed E-state index contributed by atoms with van der Waals surface area (Å²) in [6.07, 6.45) is 0.558. The summed E-state index contributed by atoms with van der Waals surface area (Å²) < 4.78 is 11.3. The molecule has 2 N–H and O–H groups in total. The smallest absolute Gasteiger partial charge is 0.325 e. The van der Waals surface area contributed by atoms with Crippen molar-refractivity contribution in [3.05, 3.63) is 58.1 Å². The number of urea groups is 1. The molecule has 9 heteroatoms. The molecule has 1 saturated heterocycles. The quantitative estimate of drug-likeness (QED) is 0.555. The predicted molar refractivity (Wildman–Crippen MR) is 118 cm³/mol. The molecule has 8 nitrogen and oxygen atoms in total. The molecule has 4 amide bonds. The molecule has 1 aliphatic heterocycles. The summed E-state index contributed by atoms with van der Waals surface area (Å²) in [5.41, 5.74) is 0.368. The largest absolute Gasteiger partial charge is 0.493 e. The van der Waals surface area contributed by atoms with E-state index in [4.69, 9.17) is 9.47 Å². The van der Waals surface area contributed by atoms with Gasteiger partial charge in [-0.25, -0.2) is 4.79 Å². The van der Waals surface area contributed by atoms with E-state index in [-0.39, 0.29) is 6.54 Å². The number of hydrogen-bond donors (Lipinski definition) is 2. The summed E-state index contributed by atoms with van der Waals surface area (Å²) in [6.45, 7) is 1.63. The van der Waals surface area contributed by atoms with E-state index in [1.54, 1.807) is 45.4 Å². The summed E-state index contributed by atoms with van der Waals surface area (Å²) in [5, 5.41) is 5.44. The van der Waals surface area contributed by atoms with E-state index in [0.29, 0.717) is 30.0 Å².